The molecule has 8 heteroatoms. The summed E-state index contributed by atoms with van der Waals surface area (Å²) >= 11 is 5.83. The van der Waals surface area contributed by atoms with Crippen LogP contribution in [-0.2, 0) is 14.3 Å². The fourth-order valence-electron chi connectivity index (χ4n) is 1.80. The Morgan fingerprint density at radius 3 is 2.71 bits per heavy atom. The van der Waals surface area contributed by atoms with Gasteiger partial charge in [-0.2, -0.15) is 0 Å². The Hall–Kier alpha value is -2.15. The van der Waals surface area contributed by atoms with Crippen molar-refractivity contribution in [1.29, 1.82) is 0 Å². The summed E-state index contributed by atoms with van der Waals surface area (Å²) < 4.78 is 4.87. The van der Waals surface area contributed by atoms with Crippen molar-refractivity contribution in [2.24, 2.45) is 11.8 Å². The smallest absolute Gasteiger partial charge is 0.309 e. The Labute approximate surface area is 125 Å². The Morgan fingerprint density at radius 2 is 2.19 bits per heavy atom. The predicted molar refractivity (Wildman–Crippen MR) is 75.0 cm³/mol. The maximum Gasteiger partial charge on any atom is 0.309 e. The first-order valence-corrected chi connectivity index (χ1v) is 6.66. The Morgan fingerprint density at radius 1 is 1.52 bits per heavy atom. The number of carbonyl (C=O) groups excluding carboxylic acids is 2. The molecule has 1 aliphatic rings. The van der Waals surface area contributed by atoms with Gasteiger partial charge in [0.05, 0.1) is 21.6 Å². The van der Waals surface area contributed by atoms with Gasteiger partial charge in [0.1, 0.15) is 0 Å². The van der Waals surface area contributed by atoms with E-state index in [0.717, 1.165) is 12.5 Å². The predicted octanol–water partition coefficient (Wildman–Crippen LogP) is 2.39. The van der Waals surface area contributed by atoms with Gasteiger partial charge >= 0.3 is 5.97 Å². The summed E-state index contributed by atoms with van der Waals surface area (Å²) in [5, 5.41) is 13.0. The molecule has 0 radical (unpaired) electrons. The molecular weight excluding hydrogens is 300 g/mol. The molecule has 2 rings (SSSR count). The van der Waals surface area contributed by atoms with Crippen molar-refractivity contribution in [1.82, 2.24) is 0 Å². The third kappa shape index (κ3) is 3.91. The molecule has 1 N–H and O–H groups in total. The number of esters is 1. The molecule has 2 atom stereocenters. The first-order chi connectivity index (χ1) is 9.88. The van der Waals surface area contributed by atoms with Crippen molar-refractivity contribution < 1.29 is 19.2 Å². The lowest BCUT2D eigenvalue weighted by molar-refractivity contribution is -0.384. The molecule has 1 amide bonds. The molecule has 7 nitrogen and oxygen atoms in total. The van der Waals surface area contributed by atoms with Crippen molar-refractivity contribution in [2.75, 3.05) is 11.9 Å². The number of halogens is 1. The quantitative estimate of drug-likeness (QED) is 0.511. The van der Waals surface area contributed by atoms with Gasteiger partial charge in [0.2, 0.25) is 0 Å². The fourth-order valence-corrected chi connectivity index (χ4v) is 2.02. The molecular formula is C13H13ClN2O5. The highest BCUT2D eigenvalue weighted by Crippen LogP contribution is 2.38. The minimum absolute atomic E-state index is 0.0414. The molecule has 1 aromatic carbocycles. The number of nitro benzene ring substituents is 1. The van der Waals surface area contributed by atoms with Crippen LogP contribution in [-0.4, -0.2) is 23.4 Å². The van der Waals surface area contributed by atoms with Gasteiger partial charge < -0.3 is 10.1 Å². The third-order valence-corrected chi connectivity index (χ3v) is 3.51. The van der Waals surface area contributed by atoms with Crippen molar-refractivity contribution in [3.63, 3.8) is 0 Å². The van der Waals surface area contributed by atoms with Crippen molar-refractivity contribution >= 4 is 34.9 Å². The second-order valence-corrected chi connectivity index (χ2v) is 5.30. The summed E-state index contributed by atoms with van der Waals surface area (Å²) in [4.78, 5) is 33.1. The number of nitro groups is 1. The van der Waals surface area contributed by atoms with Gasteiger partial charge in [-0.15, -0.1) is 0 Å². The summed E-state index contributed by atoms with van der Waals surface area (Å²) in [5.41, 5.74) is 0.0512. The van der Waals surface area contributed by atoms with E-state index in [-0.39, 0.29) is 28.3 Å². The lowest BCUT2D eigenvalue weighted by Crippen LogP contribution is -2.21. The number of nitrogens with zero attached hydrogens (tertiary/aromatic N) is 1. The second kappa shape index (κ2) is 6.09. The van der Waals surface area contributed by atoms with Gasteiger partial charge in [-0.1, -0.05) is 18.5 Å². The summed E-state index contributed by atoms with van der Waals surface area (Å²) in [6, 6.07) is 3.68. The van der Waals surface area contributed by atoms with E-state index in [9.17, 15) is 19.7 Å². The summed E-state index contributed by atoms with van der Waals surface area (Å²) in [5.74, 6) is -0.731. The largest absolute Gasteiger partial charge is 0.455 e. The summed E-state index contributed by atoms with van der Waals surface area (Å²) in [6.45, 7) is 1.53. The van der Waals surface area contributed by atoms with Crippen LogP contribution in [0.15, 0.2) is 18.2 Å². The zero-order valence-corrected chi connectivity index (χ0v) is 11.9. The van der Waals surface area contributed by atoms with E-state index in [1.807, 2.05) is 6.92 Å². The van der Waals surface area contributed by atoms with Gasteiger partial charge in [-0.05, 0) is 18.4 Å². The molecule has 1 fully saturated rings. The van der Waals surface area contributed by atoms with E-state index in [0.29, 0.717) is 5.92 Å². The van der Waals surface area contributed by atoms with E-state index in [1.165, 1.54) is 12.1 Å². The Kier molecular flexibility index (Phi) is 4.42. The first-order valence-electron chi connectivity index (χ1n) is 6.29. The number of benzene rings is 1. The van der Waals surface area contributed by atoms with Crippen LogP contribution in [0, 0.1) is 22.0 Å². The average Bonchev–Trinajstić information content (AvgIpc) is 3.15. The molecule has 112 valence electrons. The Balaban J connectivity index is 1.87. The van der Waals surface area contributed by atoms with Gasteiger partial charge in [0.15, 0.2) is 6.61 Å². The number of rotatable bonds is 5. The molecule has 1 saturated carbocycles. The highest BCUT2D eigenvalue weighted by molar-refractivity contribution is 6.34. The van der Waals surface area contributed by atoms with E-state index in [2.05, 4.69) is 5.32 Å². The zero-order chi connectivity index (χ0) is 15.6. The lowest BCUT2D eigenvalue weighted by Gasteiger charge is -2.07. The summed E-state index contributed by atoms with van der Waals surface area (Å²) in [6.07, 6.45) is 0.786. The zero-order valence-electron chi connectivity index (χ0n) is 11.2. The molecule has 1 aromatic rings. The number of amides is 1. The highest BCUT2D eigenvalue weighted by Gasteiger charge is 2.40. The summed E-state index contributed by atoms with van der Waals surface area (Å²) in [7, 11) is 0. The number of hydrogen-bond acceptors (Lipinski definition) is 5. The van der Waals surface area contributed by atoms with Gasteiger partial charge in [-0.3, -0.25) is 19.7 Å². The van der Waals surface area contributed by atoms with Crippen LogP contribution in [0.2, 0.25) is 5.02 Å². The molecule has 0 aliphatic heterocycles. The van der Waals surface area contributed by atoms with Crippen LogP contribution in [0.5, 0.6) is 0 Å². The minimum Gasteiger partial charge on any atom is -0.455 e. The van der Waals surface area contributed by atoms with Crippen LogP contribution in [0.4, 0.5) is 11.4 Å². The van der Waals surface area contributed by atoms with E-state index < -0.39 is 17.4 Å². The molecule has 0 saturated heterocycles. The molecule has 2 unspecified atom stereocenters. The van der Waals surface area contributed by atoms with Crippen molar-refractivity contribution in [3.8, 4) is 0 Å². The van der Waals surface area contributed by atoms with Gasteiger partial charge in [0.25, 0.3) is 11.6 Å². The normalized spacial score (nSPS) is 19.7. The monoisotopic (exact) mass is 312 g/mol. The number of anilines is 1. The molecule has 21 heavy (non-hydrogen) atoms. The highest BCUT2D eigenvalue weighted by atomic mass is 35.5. The van der Waals surface area contributed by atoms with Crippen LogP contribution in [0.1, 0.15) is 13.3 Å². The maximum atomic E-state index is 11.6. The van der Waals surface area contributed by atoms with Crippen LogP contribution in [0.3, 0.4) is 0 Å². The van der Waals surface area contributed by atoms with Crippen molar-refractivity contribution in [2.45, 2.75) is 13.3 Å². The topological polar surface area (TPSA) is 98.5 Å². The second-order valence-electron chi connectivity index (χ2n) is 4.90. The molecule has 1 aliphatic carbocycles. The lowest BCUT2D eigenvalue weighted by atomic mass is 10.3. The number of non-ortho nitro benzene ring substituents is 1. The molecule has 0 bridgehead atoms. The third-order valence-electron chi connectivity index (χ3n) is 3.20. The van der Waals surface area contributed by atoms with Gasteiger partial charge in [0, 0.05) is 12.1 Å². The fraction of sp³-hybridized carbons (Fsp3) is 0.385. The maximum absolute atomic E-state index is 11.6. The molecule has 0 aromatic heterocycles. The number of ether oxygens (including phenoxy) is 1. The van der Waals surface area contributed by atoms with Crippen molar-refractivity contribution in [3.05, 3.63) is 33.3 Å². The standard InChI is InChI=1S/C13H13ClN2O5/c1-7-4-9(7)13(18)21-6-12(17)15-11-3-2-8(16(19)20)5-10(11)14/h2-3,5,7,9H,4,6H2,1H3,(H,15,17). The molecule has 0 heterocycles. The van der Waals surface area contributed by atoms with Crippen LogP contribution in [0.25, 0.3) is 0 Å². The molecule has 0 spiro atoms. The van der Waals surface area contributed by atoms with E-state index in [4.69, 9.17) is 16.3 Å². The Bertz CT molecular complexity index is 604. The average molecular weight is 313 g/mol. The minimum atomic E-state index is -0.587. The van der Waals surface area contributed by atoms with E-state index >= 15 is 0 Å². The van der Waals surface area contributed by atoms with Crippen LogP contribution < -0.4 is 5.32 Å². The number of carbonyl (C=O) groups is 2. The number of nitrogens with one attached hydrogen (secondary N) is 1. The first kappa shape index (κ1) is 15.2. The van der Waals surface area contributed by atoms with Crippen LogP contribution >= 0.6 is 11.6 Å². The van der Waals surface area contributed by atoms with E-state index in [1.54, 1.807) is 0 Å². The number of hydrogen-bond donors (Lipinski definition) is 1. The SMILES string of the molecule is CC1CC1C(=O)OCC(=O)Nc1ccc([N+](=O)[O-])cc1Cl. The van der Waals surface area contributed by atoms with Gasteiger partial charge in [-0.25, -0.2) is 0 Å².